The Balaban J connectivity index is 1.91. The molecule has 1 aromatic heterocycles. The molecule has 0 saturated carbocycles. The van der Waals surface area contributed by atoms with Crippen molar-refractivity contribution in [3.05, 3.63) is 47.5 Å². The van der Waals surface area contributed by atoms with Crippen molar-refractivity contribution >= 4 is 28.7 Å². The molecule has 25 heavy (non-hydrogen) atoms. The van der Waals surface area contributed by atoms with E-state index in [9.17, 15) is 9.90 Å². The van der Waals surface area contributed by atoms with Crippen molar-refractivity contribution < 1.29 is 23.8 Å². The topological polar surface area (TPSA) is 84.6 Å². The molecule has 6 nitrogen and oxygen atoms in total. The molecule has 0 N–H and O–H groups in total. The van der Waals surface area contributed by atoms with Crippen LogP contribution in [-0.2, 0) is 4.79 Å². The number of para-hydroxylation sites is 2. The summed E-state index contributed by atoms with van der Waals surface area (Å²) in [4.78, 5) is 15.6. The Morgan fingerprint density at radius 3 is 2.68 bits per heavy atom. The normalized spacial score (nSPS) is 13.4. The number of carboxylic acids is 1. The van der Waals surface area contributed by atoms with Crippen LogP contribution in [0.1, 0.15) is 20.3 Å². The number of oxazole rings is 1. The number of carbonyl (C=O) groups is 1. The van der Waals surface area contributed by atoms with Crippen LogP contribution in [0.4, 0.5) is 0 Å². The second kappa shape index (κ2) is 6.64. The highest BCUT2D eigenvalue weighted by molar-refractivity contribution is 6.31. The molecular weight excluding hydrogens is 346 g/mol. The summed E-state index contributed by atoms with van der Waals surface area (Å²) in [5.41, 5.74) is -0.408. The fraction of sp³-hybridized carbons (Fsp3) is 0.222. The number of rotatable bonds is 6. The third kappa shape index (κ3) is 3.53. The van der Waals surface area contributed by atoms with Gasteiger partial charge < -0.3 is 23.8 Å². The molecule has 2 aromatic carbocycles. The number of aliphatic carboxylic acids is 1. The number of ether oxygens (including phenoxy) is 2. The summed E-state index contributed by atoms with van der Waals surface area (Å²) in [6, 6.07) is 11.7. The fourth-order valence-corrected chi connectivity index (χ4v) is 2.30. The van der Waals surface area contributed by atoms with Gasteiger partial charge in [-0.1, -0.05) is 30.7 Å². The first-order valence-electron chi connectivity index (χ1n) is 7.65. The van der Waals surface area contributed by atoms with E-state index in [1.54, 1.807) is 49.4 Å². The highest BCUT2D eigenvalue weighted by Crippen LogP contribution is 2.35. The maximum atomic E-state index is 11.4. The largest absolute Gasteiger partial charge is 0.546 e. The molecule has 0 spiro atoms. The van der Waals surface area contributed by atoms with Crippen molar-refractivity contribution in [2.24, 2.45) is 0 Å². The molecule has 0 fully saturated rings. The lowest BCUT2D eigenvalue weighted by Gasteiger charge is -2.30. The Morgan fingerprint density at radius 1 is 1.28 bits per heavy atom. The number of hydrogen-bond acceptors (Lipinski definition) is 6. The van der Waals surface area contributed by atoms with Gasteiger partial charge in [-0.15, -0.1) is 0 Å². The predicted octanol–water partition coefficient (Wildman–Crippen LogP) is 3.57. The van der Waals surface area contributed by atoms with Gasteiger partial charge in [0.2, 0.25) is 0 Å². The van der Waals surface area contributed by atoms with Gasteiger partial charge >= 0.3 is 6.08 Å². The summed E-state index contributed by atoms with van der Waals surface area (Å²) in [5, 5.41) is 11.9. The fourth-order valence-electron chi connectivity index (χ4n) is 2.13. The molecule has 0 aliphatic heterocycles. The van der Waals surface area contributed by atoms with Gasteiger partial charge in [0.15, 0.2) is 17.1 Å². The van der Waals surface area contributed by atoms with Gasteiger partial charge in [0.1, 0.15) is 11.1 Å². The molecule has 0 aliphatic carbocycles. The van der Waals surface area contributed by atoms with E-state index in [0.717, 1.165) is 0 Å². The van der Waals surface area contributed by atoms with E-state index in [2.05, 4.69) is 4.98 Å². The van der Waals surface area contributed by atoms with Crippen molar-refractivity contribution in [3.8, 4) is 17.6 Å². The Labute approximate surface area is 148 Å². The maximum absolute atomic E-state index is 11.4. The van der Waals surface area contributed by atoms with E-state index in [4.69, 9.17) is 25.5 Å². The standard InChI is InChI=1S/C18H16ClNO5/c1-3-18(2,16(21)22)25-14-7-5-4-6-13(14)23-17-20-12-9-8-11(19)10-15(12)24-17/h4-10H,3H2,1-2H3,(H,21,22)/p-1. The number of fused-ring (bicyclic) bond motifs is 1. The van der Waals surface area contributed by atoms with Gasteiger partial charge in [-0.3, -0.25) is 0 Å². The predicted molar refractivity (Wildman–Crippen MR) is 89.9 cm³/mol. The van der Waals surface area contributed by atoms with Crippen LogP contribution in [0.5, 0.6) is 17.6 Å². The van der Waals surface area contributed by atoms with Crippen LogP contribution >= 0.6 is 11.6 Å². The smallest absolute Gasteiger partial charge is 0.400 e. The van der Waals surface area contributed by atoms with Crippen LogP contribution in [0.15, 0.2) is 46.9 Å². The van der Waals surface area contributed by atoms with Gasteiger partial charge in [0.05, 0.1) is 5.97 Å². The summed E-state index contributed by atoms with van der Waals surface area (Å²) < 4.78 is 16.8. The van der Waals surface area contributed by atoms with Gasteiger partial charge in [-0.2, -0.15) is 4.98 Å². The molecule has 0 saturated heterocycles. The Kier molecular flexibility index (Phi) is 4.55. The summed E-state index contributed by atoms with van der Waals surface area (Å²) in [6.07, 6.45) is 0.227. The first-order valence-corrected chi connectivity index (χ1v) is 8.02. The second-order valence-electron chi connectivity index (χ2n) is 5.61. The molecule has 1 unspecified atom stereocenters. The van der Waals surface area contributed by atoms with E-state index < -0.39 is 11.6 Å². The van der Waals surface area contributed by atoms with Crippen LogP contribution in [-0.4, -0.2) is 16.6 Å². The Bertz CT molecular complexity index is 923. The lowest BCUT2D eigenvalue weighted by Crippen LogP contribution is -2.49. The van der Waals surface area contributed by atoms with E-state index in [1.165, 1.54) is 6.92 Å². The summed E-state index contributed by atoms with van der Waals surface area (Å²) in [7, 11) is 0. The van der Waals surface area contributed by atoms with Crippen LogP contribution in [0.25, 0.3) is 11.1 Å². The monoisotopic (exact) mass is 360 g/mol. The minimum absolute atomic E-state index is 0.0000294. The molecule has 7 heteroatoms. The van der Waals surface area contributed by atoms with Gasteiger partial charge in [0.25, 0.3) is 0 Å². The molecule has 0 amide bonds. The zero-order chi connectivity index (χ0) is 18.0. The van der Waals surface area contributed by atoms with Crippen LogP contribution in [0.2, 0.25) is 5.02 Å². The minimum Gasteiger partial charge on any atom is -0.546 e. The number of carboxylic acid groups (broad SMARTS) is 1. The molecule has 3 aromatic rings. The molecule has 130 valence electrons. The average Bonchev–Trinajstić information content (AvgIpc) is 2.97. The van der Waals surface area contributed by atoms with Gasteiger partial charge in [-0.05, 0) is 37.6 Å². The number of halogens is 1. The van der Waals surface area contributed by atoms with E-state index in [-0.39, 0.29) is 24.0 Å². The molecule has 0 radical (unpaired) electrons. The zero-order valence-electron chi connectivity index (χ0n) is 13.6. The summed E-state index contributed by atoms with van der Waals surface area (Å²) in [6.45, 7) is 3.14. The van der Waals surface area contributed by atoms with Crippen LogP contribution in [0.3, 0.4) is 0 Å². The van der Waals surface area contributed by atoms with Crippen molar-refractivity contribution in [2.45, 2.75) is 25.9 Å². The first kappa shape index (κ1) is 17.1. The lowest BCUT2D eigenvalue weighted by molar-refractivity contribution is -0.321. The van der Waals surface area contributed by atoms with E-state index in [0.29, 0.717) is 16.1 Å². The molecule has 0 bridgehead atoms. The Hall–Kier alpha value is -2.73. The van der Waals surface area contributed by atoms with Crippen molar-refractivity contribution in [3.63, 3.8) is 0 Å². The first-order chi connectivity index (χ1) is 11.9. The maximum Gasteiger partial charge on any atom is 0.400 e. The minimum atomic E-state index is -1.48. The third-order valence-electron chi connectivity index (χ3n) is 3.82. The molecular formula is C18H15ClNO5-. The molecule has 1 atom stereocenters. The third-order valence-corrected chi connectivity index (χ3v) is 4.05. The second-order valence-corrected chi connectivity index (χ2v) is 6.05. The quantitative estimate of drug-likeness (QED) is 0.668. The highest BCUT2D eigenvalue weighted by Gasteiger charge is 2.27. The van der Waals surface area contributed by atoms with Gasteiger partial charge in [-0.25, -0.2) is 0 Å². The van der Waals surface area contributed by atoms with Gasteiger partial charge in [0, 0.05) is 11.1 Å². The van der Waals surface area contributed by atoms with Crippen molar-refractivity contribution in [1.82, 2.24) is 4.98 Å². The number of benzene rings is 2. The molecule has 1 heterocycles. The summed E-state index contributed by atoms with van der Waals surface area (Å²) in [5.74, 6) is -0.779. The van der Waals surface area contributed by atoms with Crippen LogP contribution < -0.4 is 14.6 Å². The summed E-state index contributed by atoms with van der Waals surface area (Å²) >= 11 is 5.92. The SMILES string of the molecule is CCC(C)(Oc1ccccc1Oc1nc2ccc(Cl)cc2o1)C(=O)[O-]. The number of hydrogen-bond donors (Lipinski definition) is 0. The van der Waals surface area contributed by atoms with E-state index in [1.807, 2.05) is 0 Å². The molecule has 0 aliphatic rings. The zero-order valence-corrected chi connectivity index (χ0v) is 14.4. The molecule has 3 rings (SSSR count). The lowest BCUT2D eigenvalue weighted by atomic mass is 10.0. The van der Waals surface area contributed by atoms with E-state index >= 15 is 0 Å². The van der Waals surface area contributed by atoms with Crippen LogP contribution in [0, 0.1) is 0 Å². The number of carbonyl (C=O) groups excluding carboxylic acids is 1. The number of aromatic nitrogens is 1. The average molecular weight is 361 g/mol. The van der Waals surface area contributed by atoms with Crippen molar-refractivity contribution in [2.75, 3.05) is 0 Å². The Morgan fingerprint density at radius 2 is 2.00 bits per heavy atom. The van der Waals surface area contributed by atoms with Crippen molar-refractivity contribution in [1.29, 1.82) is 0 Å². The highest BCUT2D eigenvalue weighted by atomic mass is 35.5. The number of nitrogens with zero attached hydrogens (tertiary/aromatic N) is 1.